The summed E-state index contributed by atoms with van der Waals surface area (Å²) in [5.41, 5.74) is 1.36. The van der Waals surface area contributed by atoms with E-state index >= 15 is 0 Å². The number of ether oxygens (including phenoxy) is 1. The van der Waals surface area contributed by atoms with Crippen LogP contribution in [-0.4, -0.2) is 30.8 Å². The molecule has 4 heteroatoms. The molecule has 1 aromatic rings. The highest BCUT2D eigenvalue weighted by molar-refractivity contribution is 7.09. The van der Waals surface area contributed by atoms with Crippen molar-refractivity contribution in [2.45, 2.75) is 70.4 Å². The molecule has 0 radical (unpaired) electrons. The van der Waals surface area contributed by atoms with Crippen LogP contribution < -0.4 is 5.32 Å². The fourth-order valence-electron chi connectivity index (χ4n) is 2.57. The van der Waals surface area contributed by atoms with Crippen LogP contribution in [0.4, 0.5) is 0 Å². The van der Waals surface area contributed by atoms with E-state index in [-0.39, 0.29) is 5.41 Å². The monoisotopic (exact) mass is 296 g/mol. The molecule has 0 aromatic carbocycles. The van der Waals surface area contributed by atoms with Gasteiger partial charge in [-0.3, -0.25) is 0 Å². The maximum atomic E-state index is 5.85. The largest absolute Gasteiger partial charge is 0.378 e. The van der Waals surface area contributed by atoms with Crippen LogP contribution in [0.3, 0.4) is 0 Å². The Labute approximate surface area is 127 Å². The standard InChI is InChI=1S/C16H28N2OS/c1-16(2,3)14-11-20-15(18-14)10-12(17-4)9-13-7-5-6-8-19-13/h11-13,17H,5-10H2,1-4H3. The van der Waals surface area contributed by atoms with Crippen molar-refractivity contribution < 1.29 is 4.74 Å². The molecule has 0 aliphatic carbocycles. The van der Waals surface area contributed by atoms with Crippen LogP contribution in [0.5, 0.6) is 0 Å². The molecule has 1 aliphatic rings. The van der Waals surface area contributed by atoms with Gasteiger partial charge in [0.05, 0.1) is 16.8 Å². The first-order valence-electron chi connectivity index (χ1n) is 7.73. The predicted octanol–water partition coefficient (Wildman–Crippen LogP) is 3.53. The van der Waals surface area contributed by atoms with Crippen molar-refractivity contribution in [2.75, 3.05) is 13.7 Å². The van der Waals surface area contributed by atoms with Gasteiger partial charge in [-0.05, 0) is 32.7 Å². The molecule has 1 aromatic heterocycles. The third-order valence-electron chi connectivity index (χ3n) is 3.97. The van der Waals surface area contributed by atoms with Crippen LogP contribution in [0, 0.1) is 0 Å². The average Bonchev–Trinajstić information content (AvgIpc) is 2.87. The minimum atomic E-state index is 0.149. The Balaban J connectivity index is 1.90. The zero-order valence-electron chi connectivity index (χ0n) is 13.2. The van der Waals surface area contributed by atoms with E-state index < -0.39 is 0 Å². The molecular formula is C16H28N2OS. The van der Waals surface area contributed by atoms with E-state index in [1.807, 2.05) is 7.05 Å². The summed E-state index contributed by atoms with van der Waals surface area (Å²) in [6.45, 7) is 7.60. The molecule has 0 spiro atoms. The van der Waals surface area contributed by atoms with Gasteiger partial charge in [0.25, 0.3) is 0 Å². The van der Waals surface area contributed by atoms with E-state index in [2.05, 4.69) is 31.5 Å². The van der Waals surface area contributed by atoms with E-state index in [9.17, 15) is 0 Å². The van der Waals surface area contributed by atoms with Gasteiger partial charge in [-0.2, -0.15) is 0 Å². The Bertz CT molecular complexity index is 405. The molecule has 1 N–H and O–H groups in total. The van der Waals surface area contributed by atoms with Crippen molar-refractivity contribution >= 4 is 11.3 Å². The van der Waals surface area contributed by atoms with E-state index in [1.54, 1.807) is 11.3 Å². The van der Waals surface area contributed by atoms with Gasteiger partial charge in [0.15, 0.2) is 0 Å². The number of rotatable bonds is 5. The highest BCUT2D eigenvalue weighted by Gasteiger charge is 2.21. The number of hydrogen-bond donors (Lipinski definition) is 1. The fourth-order valence-corrected chi connectivity index (χ4v) is 3.68. The van der Waals surface area contributed by atoms with Gasteiger partial charge in [0.2, 0.25) is 0 Å². The molecule has 1 fully saturated rings. The maximum absolute atomic E-state index is 5.85. The number of hydrogen-bond acceptors (Lipinski definition) is 4. The number of thiazole rings is 1. The Hall–Kier alpha value is -0.450. The van der Waals surface area contributed by atoms with Crippen LogP contribution in [0.25, 0.3) is 0 Å². The first kappa shape index (κ1) is 15.9. The van der Waals surface area contributed by atoms with Crippen molar-refractivity contribution in [1.29, 1.82) is 0 Å². The van der Waals surface area contributed by atoms with Crippen molar-refractivity contribution in [3.8, 4) is 0 Å². The third-order valence-corrected chi connectivity index (χ3v) is 4.84. The summed E-state index contributed by atoms with van der Waals surface area (Å²) in [6.07, 6.45) is 6.29. The van der Waals surface area contributed by atoms with Gasteiger partial charge in [0.1, 0.15) is 0 Å². The van der Waals surface area contributed by atoms with Gasteiger partial charge >= 0.3 is 0 Å². The minimum absolute atomic E-state index is 0.149. The van der Waals surface area contributed by atoms with Gasteiger partial charge in [-0.15, -0.1) is 11.3 Å². The molecule has 1 aliphatic heterocycles. The van der Waals surface area contributed by atoms with Crippen LogP contribution in [0.2, 0.25) is 0 Å². The highest BCUT2D eigenvalue weighted by atomic mass is 32.1. The molecule has 2 rings (SSSR count). The summed E-state index contributed by atoms with van der Waals surface area (Å²) in [7, 11) is 2.05. The number of likely N-dealkylation sites (N-methyl/N-ethyl adjacent to an activating group) is 1. The van der Waals surface area contributed by atoms with Crippen molar-refractivity contribution in [3.05, 3.63) is 16.1 Å². The lowest BCUT2D eigenvalue weighted by atomic mass is 9.93. The van der Waals surface area contributed by atoms with Crippen molar-refractivity contribution in [3.63, 3.8) is 0 Å². The first-order chi connectivity index (χ1) is 9.49. The molecule has 0 bridgehead atoms. The smallest absolute Gasteiger partial charge is 0.0944 e. The summed E-state index contributed by atoms with van der Waals surface area (Å²) < 4.78 is 5.85. The van der Waals surface area contributed by atoms with Crippen LogP contribution in [-0.2, 0) is 16.6 Å². The molecule has 20 heavy (non-hydrogen) atoms. The normalized spacial score (nSPS) is 21.9. The van der Waals surface area contributed by atoms with Gasteiger partial charge in [-0.25, -0.2) is 4.98 Å². The number of aromatic nitrogens is 1. The second kappa shape index (κ2) is 7.01. The Morgan fingerprint density at radius 3 is 2.80 bits per heavy atom. The summed E-state index contributed by atoms with van der Waals surface area (Å²) >= 11 is 1.79. The Morgan fingerprint density at radius 1 is 1.45 bits per heavy atom. The molecule has 0 saturated carbocycles. The van der Waals surface area contributed by atoms with Crippen molar-refractivity contribution in [1.82, 2.24) is 10.3 Å². The molecule has 114 valence electrons. The minimum Gasteiger partial charge on any atom is -0.378 e. The second-order valence-corrected chi connectivity index (χ2v) is 7.73. The Kier molecular flexibility index (Phi) is 5.58. The van der Waals surface area contributed by atoms with E-state index in [0.29, 0.717) is 12.1 Å². The predicted molar refractivity (Wildman–Crippen MR) is 85.6 cm³/mol. The lowest BCUT2D eigenvalue weighted by Gasteiger charge is -2.26. The van der Waals surface area contributed by atoms with E-state index in [1.165, 1.54) is 30.0 Å². The summed E-state index contributed by atoms with van der Waals surface area (Å²) in [5.74, 6) is 0. The quantitative estimate of drug-likeness (QED) is 0.902. The molecule has 2 atom stereocenters. The molecule has 3 nitrogen and oxygen atoms in total. The second-order valence-electron chi connectivity index (χ2n) is 6.79. The number of nitrogens with zero attached hydrogens (tertiary/aromatic N) is 1. The van der Waals surface area contributed by atoms with Gasteiger partial charge in [0, 0.05) is 29.9 Å². The van der Waals surface area contributed by atoms with Crippen LogP contribution in [0.1, 0.15) is 57.2 Å². The lowest BCUT2D eigenvalue weighted by Crippen LogP contribution is -2.34. The summed E-state index contributed by atoms with van der Waals surface area (Å²) in [4.78, 5) is 4.80. The lowest BCUT2D eigenvalue weighted by molar-refractivity contribution is 0.00568. The molecule has 0 amide bonds. The Morgan fingerprint density at radius 2 is 2.25 bits per heavy atom. The van der Waals surface area contributed by atoms with Gasteiger partial charge in [-0.1, -0.05) is 20.8 Å². The zero-order valence-corrected chi connectivity index (χ0v) is 14.1. The molecule has 2 unspecified atom stereocenters. The SMILES string of the molecule is CNC(Cc1nc(C(C)(C)C)cs1)CC1CCCCO1. The molecule has 2 heterocycles. The van der Waals surface area contributed by atoms with Gasteiger partial charge < -0.3 is 10.1 Å². The topological polar surface area (TPSA) is 34.2 Å². The van der Waals surface area contributed by atoms with E-state index in [4.69, 9.17) is 9.72 Å². The summed E-state index contributed by atoms with van der Waals surface area (Å²) in [6, 6.07) is 0.470. The van der Waals surface area contributed by atoms with Crippen molar-refractivity contribution in [2.24, 2.45) is 0 Å². The maximum Gasteiger partial charge on any atom is 0.0944 e. The number of nitrogens with one attached hydrogen (secondary N) is 1. The molecule has 1 saturated heterocycles. The third kappa shape index (κ3) is 4.54. The van der Waals surface area contributed by atoms with Crippen LogP contribution >= 0.6 is 11.3 Å². The fraction of sp³-hybridized carbons (Fsp3) is 0.812. The average molecular weight is 296 g/mol. The highest BCUT2D eigenvalue weighted by Crippen LogP contribution is 2.25. The zero-order chi connectivity index (χ0) is 14.6. The van der Waals surface area contributed by atoms with E-state index in [0.717, 1.165) is 19.4 Å². The first-order valence-corrected chi connectivity index (χ1v) is 8.60. The molecular weight excluding hydrogens is 268 g/mol. The van der Waals surface area contributed by atoms with Crippen LogP contribution in [0.15, 0.2) is 5.38 Å². The summed E-state index contributed by atoms with van der Waals surface area (Å²) in [5, 5.41) is 6.88.